The number of nitrogens with zero attached hydrogens (tertiary/aromatic N) is 1. The van der Waals surface area contributed by atoms with E-state index in [4.69, 9.17) is 5.11 Å². The SMILES string of the molecule is CCC(CCO)CNC(C)c1ccn[nH]1. The summed E-state index contributed by atoms with van der Waals surface area (Å²) in [7, 11) is 0. The quantitative estimate of drug-likeness (QED) is 0.640. The number of aromatic amines is 1. The van der Waals surface area contributed by atoms with Gasteiger partial charge in [0.1, 0.15) is 0 Å². The summed E-state index contributed by atoms with van der Waals surface area (Å²) in [5.74, 6) is 0.556. The maximum atomic E-state index is 8.87. The number of hydrogen-bond acceptors (Lipinski definition) is 3. The topological polar surface area (TPSA) is 60.9 Å². The Kier molecular flexibility index (Phi) is 5.36. The van der Waals surface area contributed by atoms with Crippen LogP contribution in [0.4, 0.5) is 0 Å². The molecule has 0 bridgehead atoms. The van der Waals surface area contributed by atoms with Crippen LogP contribution in [-0.4, -0.2) is 28.5 Å². The van der Waals surface area contributed by atoms with Crippen LogP contribution in [0.2, 0.25) is 0 Å². The fourth-order valence-corrected chi connectivity index (χ4v) is 1.59. The Labute approximate surface area is 91.1 Å². The summed E-state index contributed by atoms with van der Waals surface area (Å²) >= 11 is 0. The minimum Gasteiger partial charge on any atom is -0.396 e. The highest BCUT2D eigenvalue weighted by molar-refractivity contribution is 5.02. The third kappa shape index (κ3) is 4.01. The highest BCUT2D eigenvalue weighted by Crippen LogP contribution is 2.11. The summed E-state index contributed by atoms with van der Waals surface area (Å²) in [6, 6.07) is 2.27. The van der Waals surface area contributed by atoms with E-state index >= 15 is 0 Å². The molecule has 0 saturated heterocycles. The molecule has 1 aromatic rings. The van der Waals surface area contributed by atoms with Crippen LogP contribution in [0.1, 0.15) is 38.4 Å². The van der Waals surface area contributed by atoms with Crippen LogP contribution in [-0.2, 0) is 0 Å². The highest BCUT2D eigenvalue weighted by atomic mass is 16.3. The number of aromatic nitrogens is 2. The smallest absolute Gasteiger partial charge is 0.0518 e. The summed E-state index contributed by atoms with van der Waals surface area (Å²) in [5.41, 5.74) is 1.11. The van der Waals surface area contributed by atoms with Crippen LogP contribution in [0.25, 0.3) is 0 Å². The summed E-state index contributed by atoms with van der Waals surface area (Å²) in [4.78, 5) is 0. The minimum absolute atomic E-state index is 0.276. The van der Waals surface area contributed by atoms with E-state index in [2.05, 4.69) is 29.4 Å². The van der Waals surface area contributed by atoms with Crippen LogP contribution >= 0.6 is 0 Å². The van der Waals surface area contributed by atoms with Gasteiger partial charge in [-0.25, -0.2) is 0 Å². The minimum atomic E-state index is 0.276. The molecule has 1 rings (SSSR count). The van der Waals surface area contributed by atoms with Crippen molar-refractivity contribution in [2.45, 2.75) is 32.7 Å². The van der Waals surface area contributed by atoms with E-state index in [9.17, 15) is 0 Å². The predicted octanol–water partition coefficient (Wildman–Crippen LogP) is 1.47. The van der Waals surface area contributed by atoms with Gasteiger partial charge >= 0.3 is 0 Å². The molecule has 0 aromatic carbocycles. The first kappa shape index (κ1) is 12.2. The van der Waals surface area contributed by atoms with Gasteiger partial charge in [0, 0.05) is 18.8 Å². The normalized spacial score (nSPS) is 15.1. The molecule has 3 N–H and O–H groups in total. The van der Waals surface area contributed by atoms with Gasteiger partial charge in [-0.05, 0) is 31.9 Å². The number of nitrogens with one attached hydrogen (secondary N) is 2. The molecule has 0 saturated carbocycles. The van der Waals surface area contributed by atoms with Gasteiger partial charge in [-0.1, -0.05) is 13.3 Å². The molecule has 4 nitrogen and oxygen atoms in total. The number of aliphatic hydroxyl groups excluding tert-OH is 1. The molecular formula is C11H21N3O. The number of hydrogen-bond donors (Lipinski definition) is 3. The summed E-state index contributed by atoms with van der Waals surface area (Å²) in [6.45, 7) is 5.48. The highest BCUT2D eigenvalue weighted by Gasteiger charge is 2.09. The standard InChI is InChI=1S/C11H21N3O/c1-3-10(5-7-15)8-12-9(2)11-4-6-13-14-11/h4,6,9-10,12,15H,3,5,7-8H2,1-2H3,(H,13,14). The predicted molar refractivity (Wildman–Crippen MR) is 60.5 cm³/mol. The average Bonchev–Trinajstić information content (AvgIpc) is 2.77. The van der Waals surface area contributed by atoms with E-state index < -0.39 is 0 Å². The van der Waals surface area contributed by atoms with Crippen molar-refractivity contribution in [2.75, 3.05) is 13.2 Å². The Morgan fingerprint density at radius 1 is 1.60 bits per heavy atom. The zero-order valence-electron chi connectivity index (χ0n) is 9.53. The van der Waals surface area contributed by atoms with Gasteiger partial charge in [0.05, 0.1) is 5.69 Å². The largest absolute Gasteiger partial charge is 0.396 e. The molecule has 1 aromatic heterocycles. The first-order valence-corrected chi connectivity index (χ1v) is 5.61. The molecule has 0 aliphatic carbocycles. The monoisotopic (exact) mass is 211 g/mol. The van der Waals surface area contributed by atoms with E-state index in [1.54, 1.807) is 6.20 Å². The van der Waals surface area contributed by atoms with Gasteiger partial charge in [-0.3, -0.25) is 5.10 Å². The molecule has 0 spiro atoms. The van der Waals surface area contributed by atoms with Crippen LogP contribution in [0, 0.1) is 5.92 Å². The average molecular weight is 211 g/mol. The molecule has 0 amide bonds. The second-order valence-electron chi connectivity index (χ2n) is 3.93. The van der Waals surface area contributed by atoms with Gasteiger partial charge in [-0.15, -0.1) is 0 Å². The molecule has 4 heteroatoms. The molecule has 0 radical (unpaired) electrons. The Balaban J connectivity index is 2.29. The van der Waals surface area contributed by atoms with Crippen molar-refractivity contribution in [2.24, 2.45) is 5.92 Å². The fourth-order valence-electron chi connectivity index (χ4n) is 1.59. The first-order valence-electron chi connectivity index (χ1n) is 5.61. The Bertz CT molecular complexity index is 248. The molecule has 0 aliphatic rings. The van der Waals surface area contributed by atoms with Crippen LogP contribution in [0.3, 0.4) is 0 Å². The fraction of sp³-hybridized carbons (Fsp3) is 0.727. The third-order valence-electron chi connectivity index (χ3n) is 2.82. The Morgan fingerprint density at radius 3 is 2.93 bits per heavy atom. The first-order chi connectivity index (χ1) is 7.27. The lowest BCUT2D eigenvalue weighted by atomic mass is 10.0. The van der Waals surface area contributed by atoms with Gasteiger partial charge in [0.15, 0.2) is 0 Å². The molecular weight excluding hydrogens is 190 g/mol. The maximum absolute atomic E-state index is 8.87. The van der Waals surface area contributed by atoms with E-state index in [-0.39, 0.29) is 6.61 Å². The number of rotatable bonds is 7. The van der Waals surface area contributed by atoms with Crippen molar-refractivity contribution in [3.8, 4) is 0 Å². The third-order valence-corrected chi connectivity index (χ3v) is 2.82. The van der Waals surface area contributed by atoms with Crippen LogP contribution < -0.4 is 5.32 Å². The van der Waals surface area contributed by atoms with Crippen molar-refractivity contribution in [3.63, 3.8) is 0 Å². The Hall–Kier alpha value is -0.870. The van der Waals surface area contributed by atoms with E-state index in [1.165, 1.54) is 0 Å². The molecule has 0 fully saturated rings. The van der Waals surface area contributed by atoms with Crippen molar-refractivity contribution < 1.29 is 5.11 Å². The van der Waals surface area contributed by atoms with E-state index in [0.717, 1.165) is 25.1 Å². The molecule has 2 atom stereocenters. The Morgan fingerprint density at radius 2 is 2.40 bits per heavy atom. The zero-order valence-corrected chi connectivity index (χ0v) is 9.53. The second kappa shape index (κ2) is 6.58. The molecule has 86 valence electrons. The van der Waals surface area contributed by atoms with Gasteiger partial charge in [0.25, 0.3) is 0 Å². The van der Waals surface area contributed by atoms with Crippen molar-refractivity contribution in [3.05, 3.63) is 18.0 Å². The van der Waals surface area contributed by atoms with E-state index in [0.29, 0.717) is 12.0 Å². The van der Waals surface area contributed by atoms with Crippen LogP contribution in [0.5, 0.6) is 0 Å². The molecule has 1 heterocycles. The summed E-state index contributed by atoms with van der Waals surface area (Å²) in [6.07, 6.45) is 3.74. The number of H-pyrrole nitrogens is 1. The van der Waals surface area contributed by atoms with Gasteiger partial charge in [0.2, 0.25) is 0 Å². The summed E-state index contributed by atoms with van der Waals surface area (Å²) < 4.78 is 0. The molecule has 0 aliphatic heterocycles. The van der Waals surface area contributed by atoms with Crippen molar-refractivity contribution >= 4 is 0 Å². The lowest BCUT2D eigenvalue weighted by molar-refractivity contribution is 0.249. The van der Waals surface area contributed by atoms with Crippen molar-refractivity contribution in [1.82, 2.24) is 15.5 Å². The van der Waals surface area contributed by atoms with Gasteiger partial charge in [-0.2, -0.15) is 5.10 Å². The lowest BCUT2D eigenvalue weighted by Crippen LogP contribution is -2.26. The second-order valence-corrected chi connectivity index (χ2v) is 3.93. The maximum Gasteiger partial charge on any atom is 0.0518 e. The zero-order chi connectivity index (χ0) is 11.1. The number of aliphatic hydroxyl groups is 1. The molecule has 15 heavy (non-hydrogen) atoms. The van der Waals surface area contributed by atoms with Crippen LogP contribution in [0.15, 0.2) is 12.3 Å². The van der Waals surface area contributed by atoms with Crippen molar-refractivity contribution in [1.29, 1.82) is 0 Å². The van der Waals surface area contributed by atoms with Gasteiger partial charge < -0.3 is 10.4 Å². The summed E-state index contributed by atoms with van der Waals surface area (Å²) in [5, 5.41) is 19.2. The van der Waals surface area contributed by atoms with E-state index in [1.807, 2.05) is 6.07 Å². The molecule has 2 unspecified atom stereocenters. The lowest BCUT2D eigenvalue weighted by Gasteiger charge is -2.18.